The van der Waals surface area contributed by atoms with E-state index in [1.165, 1.54) is 0 Å². The average Bonchev–Trinajstić information content (AvgIpc) is 3.15. The Hall–Kier alpha value is -3.77. The molecule has 0 saturated carbocycles. The molecule has 2 heterocycles. The van der Waals surface area contributed by atoms with Gasteiger partial charge in [-0.1, -0.05) is 61.8 Å². The zero-order valence-corrected chi connectivity index (χ0v) is 21.0. The Balaban J connectivity index is 1.67. The number of hydrogen-bond acceptors (Lipinski definition) is 5. The SMILES string of the molecule is COc1cc(C2c3c(oc4ccccc4c3=O)C(=O)N2Cc2ccccc2Cl)ccc1OCC(C)C. The van der Waals surface area contributed by atoms with E-state index >= 15 is 0 Å². The highest BCUT2D eigenvalue weighted by Crippen LogP contribution is 2.42. The highest BCUT2D eigenvalue weighted by atomic mass is 35.5. The normalized spacial score (nSPS) is 15.0. The third kappa shape index (κ3) is 4.22. The first-order chi connectivity index (χ1) is 17.4. The van der Waals surface area contributed by atoms with Crippen LogP contribution in [0.3, 0.4) is 0 Å². The van der Waals surface area contributed by atoms with Gasteiger partial charge in [0.1, 0.15) is 5.58 Å². The van der Waals surface area contributed by atoms with E-state index in [4.69, 9.17) is 25.5 Å². The second kappa shape index (κ2) is 9.70. The number of nitrogens with zero attached hydrogens (tertiary/aromatic N) is 1. The Bertz CT molecular complexity index is 1510. The van der Waals surface area contributed by atoms with E-state index in [0.717, 1.165) is 5.56 Å². The lowest BCUT2D eigenvalue weighted by atomic mass is 9.97. The van der Waals surface area contributed by atoms with Crippen LogP contribution in [-0.4, -0.2) is 24.5 Å². The summed E-state index contributed by atoms with van der Waals surface area (Å²) in [7, 11) is 1.57. The summed E-state index contributed by atoms with van der Waals surface area (Å²) in [6.45, 7) is 4.88. The molecule has 1 atom stereocenters. The Kier molecular flexibility index (Phi) is 6.46. The molecule has 0 fully saturated rings. The van der Waals surface area contributed by atoms with Crippen molar-refractivity contribution in [3.05, 3.63) is 104 Å². The van der Waals surface area contributed by atoms with Gasteiger partial charge in [0, 0.05) is 11.6 Å². The van der Waals surface area contributed by atoms with Crippen LogP contribution in [0, 0.1) is 5.92 Å². The number of carbonyl (C=O) groups is 1. The lowest BCUT2D eigenvalue weighted by molar-refractivity contribution is 0.0714. The van der Waals surface area contributed by atoms with Gasteiger partial charge < -0.3 is 18.8 Å². The first-order valence-electron chi connectivity index (χ1n) is 11.8. The van der Waals surface area contributed by atoms with Crippen LogP contribution in [0.4, 0.5) is 0 Å². The molecule has 0 saturated heterocycles. The number of para-hydroxylation sites is 1. The number of amides is 1. The molecular formula is C29H26ClNO5. The van der Waals surface area contributed by atoms with Gasteiger partial charge in [0.2, 0.25) is 5.76 Å². The number of carbonyl (C=O) groups excluding carboxylic acids is 1. The van der Waals surface area contributed by atoms with E-state index in [1.54, 1.807) is 42.3 Å². The van der Waals surface area contributed by atoms with Crippen molar-refractivity contribution in [3.8, 4) is 11.5 Å². The predicted octanol–water partition coefficient (Wildman–Crippen LogP) is 6.24. The zero-order chi connectivity index (χ0) is 25.4. The van der Waals surface area contributed by atoms with Crippen molar-refractivity contribution < 1.29 is 18.7 Å². The molecule has 0 aliphatic carbocycles. The quantitative estimate of drug-likeness (QED) is 0.299. The van der Waals surface area contributed by atoms with Crippen LogP contribution in [0.15, 0.2) is 75.9 Å². The van der Waals surface area contributed by atoms with Crippen molar-refractivity contribution in [1.82, 2.24) is 4.90 Å². The van der Waals surface area contributed by atoms with E-state index in [0.29, 0.717) is 51.1 Å². The van der Waals surface area contributed by atoms with Gasteiger partial charge in [0.15, 0.2) is 16.9 Å². The third-order valence-corrected chi connectivity index (χ3v) is 6.62. The standard InChI is InChI=1S/C29H26ClNO5/c1-17(2)16-35-23-13-12-18(14-24(23)34-3)26-25-27(32)20-9-5-7-11-22(20)36-28(25)29(33)31(26)15-19-8-4-6-10-21(19)30/h4-14,17,26H,15-16H2,1-3H3. The average molecular weight is 504 g/mol. The summed E-state index contributed by atoms with van der Waals surface area (Å²) in [5, 5.41) is 0.969. The summed E-state index contributed by atoms with van der Waals surface area (Å²) in [5.74, 6) is 1.16. The number of ether oxygens (including phenoxy) is 2. The highest BCUT2D eigenvalue weighted by molar-refractivity contribution is 6.31. The van der Waals surface area contributed by atoms with Crippen molar-refractivity contribution in [2.45, 2.75) is 26.4 Å². The van der Waals surface area contributed by atoms with Crippen molar-refractivity contribution in [1.29, 1.82) is 0 Å². The molecule has 184 valence electrons. The van der Waals surface area contributed by atoms with Crippen molar-refractivity contribution >= 4 is 28.5 Å². The van der Waals surface area contributed by atoms with Crippen LogP contribution in [0.25, 0.3) is 11.0 Å². The number of rotatable bonds is 7. The van der Waals surface area contributed by atoms with Crippen LogP contribution in [-0.2, 0) is 6.54 Å². The van der Waals surface area contributed by atoms with Gasteiger partial charge in [0.25, 0.3) is 5.91 Å². The molecule has 6 nitrogen and oxygen atoms in total. The van der Waals surface area contributed by atoms with Gasteiger partial charge in [0.05, 0.1) is 30.7 Å². The summed E-state index contributed by atoms with van der Waals surface area (Å²) in [6, 6.07) is 19.1. The minimum Gasteiger partial charge on any atom is -0.493 e. The first kappa shape index (κ1) is 23.9. The van der Waals surface area contributed by atoms with Crippen LogP contribution in [0.2, 0.25) is 5.02 Å². The summed E-state index contributed by atoms with van der Waals surface area (Å²) >= 11 is 6.44. The van der Waals surface area contributed by atoms with Gasteiger partial charge in [-0.2, -0.15) is 0 Å². The lowest BCUT2D eigenvalue weighted by Gasteiger charge is -2.26. The third-order valence-electron chi connectivity index (χ3n) is 6.25. The summed E-state index contributed by atoms with van der Waals surface area (Å²) in [5.41, 5.74) is 1.94. The largest absolute Gasteiger partial charge is 0.493 e. The van der Waals surface area contributed by atoms with Crippen LogP contribution in [0.5, 0.6) is 11.5 Å². The number of methoxy groups -OCH3 is 1. The molecule has 4 aromatic rings. The molecule has 0 radical (unpaired) electrons. The maximum atomic E-state index is 13.7. The summed E-state index contributed by atoms with van der Waals surface area (Å²) < 4.78 is 17.5. The minimum atomic E-state index is -0.683. The molecular weight excluding hydrogens is 478 g/mol. The van der Waals surface area contributed by atoms with E-state index in [1.807, 2.05) is 36.4 Å². The molecule has 1 aromatic heterocycles. The van der Waals surface area contributed by atoms with Crippen LogP contribution < -0.4 is 14.9 Å². The number of benzene rings is 3. The molecule has 5 rings (SSSR count). The molecule has 7 heteroatoms. The van der Waals surface area contributed by atoms with Crippen molar-refractivity contribution in [2.75, 3.05) is 13.7 Å². The Morgan fingerprint density at radius 3 is 2.50 bits per heavy atom. The fourth-order valence-electron chi connectivity index (χ4n) is 4.52. The first-order valence-corrected chi connectivity index (χ1v) is 12.2. The van der Waals surface area contributed by atoms with E-state index in [-0.39, 0.29) is 23.6 Å². The number of halogens is 1. The molecule has 3 aromatic carbocycles. The summed E-state index contributed by atoms with van der Waals surface area (Å²) in [4.78, 5) is 29.0. The molecule has 0 spiro atoms. The van der Waals surface area contributed by atoms with Gasteiger partial charge in [-0.05, 0) is 47.4 Å². The van der Waals surface area contributed by atoms with Gasteiger partial charge in [-0.25, -0.2) is 0 Å². The Labute approximate surface area is 214 Å². The second-order valence-electron chi connectivity index (χ2n) is 9.21. The maximum absolute atomic E-state index is 13.7. The minimum absolute atomic E-state index is 0.0508. The highest BCUT2D eigenvalue weighted by Gasteiger charge is 2.43. The maximum Gasteiger partial charge on any atom is 0.291 e. The van der Waals surface area contributed by atoms with E-state index < -0.39 is 6.04 Å². The van der Waals surface area contributed by atoms with Gasteiger partial charge >= 0.3 is 0 Å². The molecule has 36 heavy (non-hydrogen) atoms. The topological polar surface area (TPSA) is 69.0 Å². The predicted molar refractivity (Wildman–Crippen MR) is 139 cm³/mol. The van der Waals surface area contributed by atoms with Crippen LogP contribution in [0.1, 0.15) is 47.1 Å². The molecule has 1 aliphatic rings. The lowest BCUT2D eigenvalue weighted by Crippen LogP contribution is -2.29. The fraction of sp³-hybridized carbons (Fsp3) is 0.241. The van der Waals surface area contributed by atoms with Crippen LogP contribution >= 0.6 is 11.6 Å². The Morgan fingerprint density at radius 1 is 1.00 bits per heavy atom. The van der Waals surface area contributed by atoms with Crippen molar-refractivity contribution in [2.24, 2.45) is 5.92 Å². The number of hydrogen-bond donors (Lipinski definition) is 0. The van der Waals surface area contributed by atoms with E-state index in [9.17, 15) is 9.59 Å². The van der Waals surface area contributed by atoms with E-state index in [2.05, 4.69) is 13.8 Å². The molecule has 1 unspecified atom stereocenters. The fourth-order valence-corrected chi connectivity index (χ4v) is 4.71. The zero-order valence-electron chi connectivity index (χ0n) is 20.3. The molecule has 0 N–H and O–H groups in total. The summed E-state index contributed by atoms with van der Waals surface area (Å²) in [6.07, 6.45) is 0. The van der Waals surface area contributed by atoms with Crippen molar-refractivity contribution in [3.63, 3.8) is 0 Å². The molecule has 1 aliphatic heterocycles. The Morgan fingerprint density at radius 2 is 1.75 bits per heavy atom. The van der Waals surface area contributed by atoms with Gasteiger partial charge in [-0.15, -0.1) is 0 Å². The van der Waals surface area contributed by atoms with Gasteiger partial charge in [-0.3, -0.25) is 9.59 Å². The monoisotopic (exact) mass is 503 g/mol. The second-order valence-corrected chi connectivity index (χ2v) is 9.62. The molecule has 1 amide bonds. The number of fused-ring (bicyclic) bond motifs is 2. The smallest absolute Gasteiger partial charge is 0.291 e. The molecule has 0 bridgehead atoms.